The number of aliphatic carboxylic acids is 1. The molecular weight excluding hydrogens is 303 g/mol. The number of hydrogen-bond donors (Lipinski definition) is 2. The van der Waals surface area contributed by atoms with E-state index in [1.54, 1.807) is 30.3 Å². The van der Waals surface area contributed by atoms with Gasteiger partial charge in [0.25, 0.3) is 0 Å². The summed E-state index contributed by atoms with van der Waals surface area (Å²) in [4.78, 5) is 22.8. The van der Waals surface area contributed by atoms with Crippen molar-refractivity contribution in [3.05, 3.63) is 35.9 Å². The Labute approximate surface area is 124 Å². The van der Waals surface area contributed by atoms with Gasteiger partial charge in [0.05, 0.1) is 5.92 Å². The Morgan fingerprint density at radius 2 is 1.86 bits per heavy atom. The first-order chi connectivity index (χ1) is 10.2. The fourth-order valence-corrected chi connectivity index (χ4v) is 2.30. The fraction of sp³-hybridized carbons (Fsp3) is 0.429. The molecule has 0 aliphatic heterocycles. The monoisotopic (exact) mass is 317 g/mol. The minimum Gasteiger partial charge on any atom is -0.480 e. The molecule has 1 saturated carbocycles. The second kappa shape index (κ2) is 5.86. The molecular formula is C14H14F3NO4. The lowest BCUT2D eigenvalue weighted by Gasteiger charge is -2.44. The number of carboxylic acid groups (broad SMARTS) is 1. The lowest BCUT2D eigenvalue weighted by atomic mass is 9.68. The van der Waals surface area contributed by atoms with Crippen molar-refractivity contribution in [1.82, 2.24) is 5.32 Å². The zero-order valence-electron chi connectivity index (χ0n) is 11.4. The summed E-state index contributed by atoms with van der Waals surface area (Å²) in [5, 5.41) is 11.1. The molecule has 1 fully saturated rings. The maximum atomic E-state index is 12.5. The van der Waals surface area contributed by atoms with E-state index in [2.05, 4.69) is 0 Å². The zero-order valence-corrected chi connectivity index (χ0v) is 11.4. The Kier molecular flexibility index (Phi) is 4.30. The number of carboxylic acids is 1. The van der Waals surface area contributed by atoms with Gasteiger partial charge in [-0.15, -0.1) is 0 Å². The largest absolute Gasteiger partial charge is 0.480 e. The Balaban J connectivity index is 1.90. The van der Waals surface area contributed by atoms with E-state index in [9.17, 15) is 22.8 Å². The first-order valence-corrected chi connectivity index (χ1v) is 6.52. The molecule has 0 aromatic heterocycles. The van der Waals surface area contributed by atoms with Crippen LogP contribution in [0.1, 0.15) is 18.4 Å². The molecule has 2 N–H and O–H groups in total. The van der Waals surface area contributed by atoms with Crippen LogP contribution in [0.3, 0.4) is 0 Å². The van der Waals surface area contributed by atoms with E-state index in [4.69, 9.17) is 9.84 Å². The van der Waals surface area contributed by atoms with Gasteiger partial charge in [0.2, 0.25) is 0 Å². The summed E-state index contributed by atoms with van der Waals surface area (Å²) < 4.78 is 42.3. The van der Waals surface area contributed by atoms with Crippen LogP contribution < -0.4 is 5.32 Å². The van der Waals surface area contributed by atoms with Gasteiger partial charge in [-0.05, 0) is 18.4 Å². The van der Waals surface area contributed by atoms with Crippen molar-refractivity contribution in [2.75, 3.05) is 0 Å². The zero-order chi connectivity index (χ0) is 16.4. The molecule has 0 radical (unpaired) electrons. The molecule has 0 spiro atoms. The molecule has 0 heterocycles. The summed E-state index contributed by atoms with van der Waals surface area (Å²) in [6.07, 6.45) is -6.89. The molecule has 1 aliphatic carbocycles. The molecule has 2 rings (SSSR count). The van der Waals surface area contributed by atoms with E-state index in [1.807, 2.05) is 5.32 Å². The number of nitrogens with one attached hydrogen (secondary N) is 1. The Bertz CT molecular complexity index is 553. The lowest BCUT2D eigenvalue weighted by molar-refractivity contribution is -0.214. The molecule has 22 heavy (non-hydrogen) atoms. The summed E-state index contributed by atoms with van der Waals surface area (Å²) in [7, 11) is 0. The Morgan fingerprint density at radius 1 is 1.27 bits per heavy atom. The Hall–Kier alpha value is -2.25. The second-order valence-corrected chi connectivity index (χ2v) is 5.22. The van der Waals surface area contributed by atoms with E-state index in [1.165, 1.54) is 0 Å². The average Bonchev–Trinajstić information content (AvgIpc) is 2.39. The van der Waals surface area contributed by atoms with E-state index in [0.717, 1.165) is 0 Å². The topological polar surface area (TPSA) is 75.6 Å². The van der Waals surface area contributed by atoms with Crippen molar-refractivity contribution in [2.45, 2.75) is 31.2 Å². The number of carbonyl (C=O) groups excluding carboxylic acids is 1. The van der Waals surface area contributed by atoms with E-state index in [-0.39, 0.29) is 6.61 Å². The van der Waals surface area contributed by atoms with Gasteiger partial charge in [0.1, 0.15) is 12.1 Å². The molecule has 0 bridgehead atoms. The van der Waals surface area contributed by atoms with Crippen LogP contribution in [0.2, 0.25) is 0 Å². The minimum atomic E-state index is -4.46. The van der Waals surface area contributed by atoms with Crippen LogP contribution >= 0.6 is 0 Å². The van der Waals surface area contributed by atoms with Gasteiger partial charge in [-0.25, -0.2) is 9.59 Å². The van der Waals surface area contributed by atoms with Crippen LogP contribution in [0.15, 0.2) is 30.3 Å². The number of ether oxygens (including phenoxy) is 1. The molecule has 1 aliphatic rings. The molecule has 0 atom stereocenters. The molecule has 1 aromatic rings. The van der Waals surface area contributed by atoms with Crippen LogP contribution in [0.5, 0.6) is 0 Å². The predicted octanol–water partition coefficient (Wildman–Crippen LogP) is 2.71. The minimum absolute atomic E-state index is 0.0922. The van der Waals surface area contributed by atoms with Crippen molar-refractivity contribution in [1.29, 1.82) is 0 Å². The molecule has 8 heteroatoms. The molecule has 1 aromatic carbocycles. The third kappa shape index (κ3) is 3.49. The third-order valence-electron chi connectivity index (χ3n) is 3.62. The highest BCUT2D eigenvalue weighted by molar-refractivity contribution is 5.85. The average molecular weight is 317 g/mol. The van der Waals surface area contributed by atoms with Gasteiger partial charge >= 0.3 is 18.2 Å². The number of rotatable bonds is 4. The van der Waals surface area contributed by atoms with Crippen LogP contribution in [0, 0.1) is 5.92 Å². The SMILES string of the molecule is O=C(NC1(C(=O)O)CC(C(F)(F)F)C1)OCc1ccccc1. The summed E-state index contributed by atoms with van der Waals surface area (Å²) in [6.45, 7) is -0.0922. The van der Waals surface area contributed by atoms with Gasteiger partial charge in [0.15, 0.2) is 0 Å². The van der Waals surface area contributed by atoms with Crippen molar-refractivity contribution in [2.24, 2.45) is 5.92 Å². The maximum Gasteiger partial charge on any atom is 0.408 e. The molecule has 0 saturated heterocycles. The van der Waals surface area contributed by atoms with Crippen LogP contribution in [-0.2, 0) is 16.1 Å². The summed E-state index contributed by atoms with van der Waals surface area (Å²) >= 11 is 0. The molecule has 5 nitrogen and oxygen atoms in total. The lowest BCUT2D eigenvalue weighted by Crippen LogP contribution is -2.64. The third-order valence-corrected chi connectivity index (χ3v) is 3.62. The number of carbonyl (C=O) groups is 2. The van der Waals surface area contributed by atoms with Crippen molar-refractivity contribution in [3.8, 4) is 0 Å². The second-order valence-electron chi connectivity index (χ2n) is 5.22. The quantitative estimate of drug-likeness (QED) is 0.895. The molecule has 0 unspecified atom stereocenters. The van der Waals surface area contributed by atoms with Crippen molar-refractivity contribution in [3.63, 3.8) is 0 Å². The fourth-order valence-electron chi connectivity index (χ4n) is 2.30. The summed E-state index contributed by atoms with van der Waals surface area (Å²) in [5.74, 6) is -3.22. The summed E-state index contributed by atoms with van der Waals surface area (Å²) in [5.41, 5.74) is -1.22. The normalized spacial score (nSPS) is 24.2. The van der Waals surface area contributed by atoms with E-state index < -0.39 is 42.5 Å². The van der Waals surface area contributed by atoms with E-state index in [0.29, 0.717) is 5.56 Å². The van der Waals surface area contributed by atoms with Gasteiger partial charge in [-0.3, -0.25) is 0 Å². The number of alkyl halides is 3. The number of benzene rings is 1. The molecule has 1 amide bonds. The first-order valence-electron chi connectivity index (χ1n) is 6.52. The van der Waals surface area contributed by atoms with Gasteiger partial charge < -0.3 is 15.2 Å². The highest BCUT2D eigenvalue weighted by atomic mass is 19.4. The van der Waals surface area contributed by atoms with Gasteiger partial charge in [-0.1, -0.05) is 30.3 Å². The predicted molar refractivity (Wildman–Crippen MR) is 68.9 cm³/mol. The van der Waals surface area contributed by atoms with Crippen LogP contribution in [0.4, 0.5) is 18.0 Å². The number of hydrogen-bond acceptors (Lipinski definition) is 3. The highest BCUT2D eigenvalue weighted by Gasteiger charge is 2.60. The number of alkyl carbamates (subject to hydrolysis) is 1. The summed E-state index contributed by atoms with van der Waals surface area (Å²) in [6, 6.07) is 8.63. The van der Waals surface area contributed by atoms with Gasteiger partial charge in [0, 0.05) is 0 Å². The molecule has 120 valence electrons. The van der Waals surface area contributed by atoms with Crippen LogP contribution in [0.25, 0.3) is 0 Å². The highest BCUT2D eigenvalue weighted by Crippen LogP contribution is 2.47. The first kappa shape index (κ1) is 16.1. The van der Waals surface area contributed by atoms with Crippen molar-refractivity contribution >= 4 is 12.1 Å². The van der Waals surface area contributed by atoms with Crippen LogP contribution in [-0.4, -0.2) is 28.9 Å². The van der Waals surface area contributed by atoms with E-state index >= 15 is 0 Å². The standard InChI is InChI=1S/C14H14F3NO4/c15-14(16,17)10-6-13(7-10,11(19)20)18-12(21)22-8-9-4-2-1-3-5-9/h1-5,10H,6-8H2,(H,18,21)(H,19,20). The van der Waals surface area contributed by atoms with Crippen molar-refractivity contribution < 1.29 is 32.6 Å². The smallest absolute Gasteiger partial charge is 0.408 e. The van der Waals surface area contributed by atoms with Gasteiger partial charge in [-0.2, -0.15) is 13.2 Å². The number of halogens is 3. The Morgan fingerprint density at radius 3 is 2.36 bits per heavy atom. The number of amides is 1. The maximum absolute atomic E-state index is 12.5.